The zero-order valence-corrected chi connectivity index (χ0v) is 14.9. The number of amides is 1. The molecule has 1 amide bonds. The van der Waals surface area contributed by atoms with Crippen molar-refractivity contribution in [3.63, 3.8) is 0 Å². The first-order chi connectivity index (χ1) is 13.2. The summed E-state index contributed by atoms with van der Waals surface area (Å²) in [7, 11) is 1.62. The second kappa shape index (κ2) is 9.30. The van der Waals surface area contributed by atoms with Gasteiger partial charge in [0.25, 0.3) is 5.91 Å². The van der Waals surface area contributed by atoms with Crippen LogP contribution in [0.4, 0.5) is 11.5 Å². The maximum absolute atomic E-state index is 12.4. The van der Waals surface area contributed by atoms with Crippen molar-refractivity contribution >= 4 is 17.4 Å². The number of ether oxygens (including phenoxy) is 2. The average Bonchev–Trinajstić information content (AvgIpc) is 2.71. The lowest BCUT2D eigenvalue weighted by atomic mass is 10.2. The van der Waals surface area contributed by atoms with E-state index in [0.29, 0.717) is 30.4 Å². The van der Waals surface area contributed by atoms with Gasteiger partial charge in [0.1, 0.15) is 29.3 Å². The number of carbonyl (C=O) groups is 1. The minimum absolute atomic E-state index is 0.273. The number of nitrogens with one attached hydrogen (secondary N) is 2. The van der Waals surface area contributed by atoms with Crippen LogP contribution >= 0.6 is 0 Å². The standard InChI is InChI=1S/C20H20N4O3/c1-26-12-11-21-19-13-18(22-14-23-19)20(25)24-15-7-9-17(10-8-15)27-16-5-3-2-4-6-16/h2-10,13-14H,11-12H2,1H3,(H,24,25)(H,21,22,23). The minimum atomic E-state index is -0.316. The molecule has 2 N–H and O–H groups in total. The average molecular weight is 364 g/mol. The van der Waals surface area contributed by atoms with Crippen LogP contribution in [-0.2, 0) is 4.74 Å². The predicted octanol–water partition coefficient (Wildman–Crippen LogP) is 3.58. The third-order valence-corrected chi connectivity index (χ3v) is 3.60. The van der Waals surface area contributed by atoms with Gasteiger partial charge >= 0.3 is 0 Å². The van der Waals surface area contributed by atoms with E-state index in [1.165, 1.54) is 6.33 Å². The molecule has 3 rings (SSSR count). The van der Waals surface area contributed by atoms with E-state index in [1.54, 1.807) is 37.4 Å². The highest BCUT2D eigenvalue weighted by molar-refractivity contribution is 6.03. The van der Waals surface area contributed by atoms with Gasteiger partial charge in [-0.05, 0) is 36.4 Å². The number of hydrogen-bond acceptors (Lipinski definition) is 6. The van der Waals surface area contributed by atoms with Crippen LogP contribution in [0.1, 0.15) is 10.5 Å². The fraction of sp³-hybridized carbons (Fsp3) is 0.150. The number of rotatable bonds is 8. The summed E-state index contributed by atoms with van der Waals surface area (Å²) in [5.74, 6) is 1.69. The molecule has 0 aliphatic rings. The molecule has 1 aromatic heterocycles. The van der Waals surface area contributed by atoms with E-state index < -0.39 is 0 Å². The lowest BCUT2D eigenvalue weighted by Crippen LogP contribution is -2.15. The molecule has 7 nitrogen and oxygen atoms in total. The molecule has 27 heavy (non-hydrogen) atoms. The van der Waals surface area contributed by atoms with Crippen LogP contribution in [0, 0.1) is 0 Å². The lowest BCUT2D eigenvalue weighted by molar-refractivity contribution is 0.102. The van der Waals surface area contributed by atoms with Gasteiger partial charge in [0.2, 0.25) is 0 Å². The number of para-hydroxylation sites is 1. The zero-order chi connectivity index (χ0) is 18.9. The number of methoxy groups -OCH3 is 1. The molecule has 0 saturated carbocycles. The third-order valence-electron chi connectivity index (χ3n) is 3.60. The smallest absolute Gasteiger partial charge is 0.274 e. The third kappa shape index (κ3) is 5.52. The van der Waals surface area contributed by atoms with Gasteiger partial charge in [-0.3, -0.25) is 4.79 Å². The van der Waals surface area contributed by atoms with Crippen molar-refractivity contribution in [2.24, 2.45) is 0 Å². The first-order valence-electron chi connectivity index (χ1n) is 8.44. The second-order valence-electron chi connectivity index (χ2n) is 5.60. The molecule has 0 unspecified atom stereocenters. The molecule has 0 radical (unpaired) electrons. The summed E-state index contributed by atoms with van der Waals surface area (Å²) in [6, 6.07) is 18.2. The quantitative estimate of drug-likeness (QED) is 0.594. The number of aromatic nitrogens is 2. The van der Waals surface area contributed by atoms with Crippen LogP contribution in [0.2, 0.25) is 0 Å². The highest BCUT2D eigenvalue weighted by atomic mass is 16.5. The van der Waals surface area contributed by atoms with E-state index in [2.05, 4.69) is 20.6 Å². The normalized spacial score (nSPS) is 10.3. The molecule has 0 fully saturated rings. The van der Waals surface area contributed by atoms with Gasteiger partial charge in [0.05, 0.1) is 6.61 Å². The van der Waals surface area contributed by atoms with Crippen LogP contribution in [0.25, 0.3) is 0 Å². The number of hydrogen-bond donors (Lipinski definition) is 2. The fourth-order valence-corrected chi connectivity index (χ4v) is 2.29. The maximum Gasteiger partial charge on any atom is 0.274 e. The Hall–Kier alpha value is -3.45. The highest BCUT2D eigenvalue weighted by Gasteiger charge is 2.09. The molecular weight excluding hydrogens is 344 g/mol. The van der Waals surface area contributed by atoms with Gasteiger partial charge in [-0.2, -0.15) is 0 Å². The monoisotopic (exact) mass is 364 g/mol. The molecule has 3 aromatic rings. The molecule has 0 atom stereocenters. The number of carbonyl (C=O) groups excluding carboxylic acids is 1. The second-order valence-corrected chi connectivity index (χ2v) is 5.60. The van der Waals surface area contributed by atoms with E-state index in [-0.39, 0.29) is 11.6 Å². The summed E-state index contributed by atoms with van der Waals surface area (Å²) in [5.41, 5.74) is 0.919. The van der Waals surface area contributed by atoms with E-state index in [9.17, 15) is 4.79 Å². The highest BCUT2D eigenvalue weighted by Crippen LogP contribution is 2.22. The Bertz CT molecular complexity index is 870. The van der Waals surface area contributed by atoms with Crippen molar-refractivity contribution in [2.75, 3.05) is 30.9 Å². The molecule has 1 heterocycles. The SMILES string of the molecule is COCCNc1cc(C(=O)Nc2ccc(Oc3ccccc3)cc2)ncn1. The molecule has 0 spiro atoms. The Morgan fingerprint density at radius 2 is 1.74 bits per heavy atom. The lowest BCUT2D eigenvalue weighted by Gasteiger charge is -2.09. The Labute approximate surface area is 157 Å². The van der Waals surface area contributed by atoms with E-state index in [4.69, 9.17) is 9.47 Å². The molecular formula is C20H20N4O3. The summed E-state index contributed by atoms with van der Waals surface area (Å²) in [6.45, 7) is 1.14. The van der Waals surface area contributed by atoms with Gasteiger partial charge in [-0.25, -0.2) is 9.97 Å². The molecule has 2 aromatic carbocycles. The van der Waals surface area contributed by atoms with Crippen LogP contribution in [0.15, 0.2) is 67.0 Å². The maximum atomic E-state index is 12.4. The first kappa shape index (κ1) is 18.3. The van der Waals surface area contributed by atoms with Crippen molar-refractivity contribution in [3.8, 4) is 11.5 Å². The van der Waals surface area contributed by atoms with Crippen LogP contribution < -0.4 is 15.4 Å². The molecule has 7 heteroatoms. The molecule has 138 valence electrons. The van der Waals surface area contributed by atoms with Crippen molar-refractivity contribution in [1.82, 2.24) is 9.97 Å². The summed E-state index contributed by atoms with van der Waals surface area (Å²) in [4.78, 5) is 20.5. The van der Waals surface area contributed by atoms with E-state index >= 15 is 0 Å². The summed E-state index contributed by atoms with van der Waals surface area (Å²) < 4.78 is 10.7. The zero-order valence-electron chi connectivity index (χ0n) is 14.9. The Kier molecular flexibility index (Phi) is 6.32. The van der Waals surface area contributed by atoms with Crippen LogP contribution in [0.5, 0.6) is 11.5 Å². The topological polar surface area (TPSA) is 85.4 Å². The van der Waals surface area contributed by atoms with Crippen molar-refractivity contribution in [3.05, 3.63) is 72.7 Å². The van der Waals surface area contributed by atoms with Crippen LogP contribution in [0.3, 0.4) is 0 Å². The first-order valence-corrected chi connectivity index (χ1v) is 8.44. The summed E-state index contributed by atoms with van der Waals surface area (Å²) in [5, 5.41) is 5.87. The van der Waals surface area contributed by atoms with Gasteiger partial charge < -0.3 is 20.1 Å². The van der Waals surface area contributed by atoms with E-state index in [1.807, 2.05) is 30.3 Å². The predicted molar refractivity (Wildman–Crippen MR) is 103 cm³/mol. The fourth-order valence-electron chi connectivity index (χ4n) is 2.29. The molecule has 0 aliphatic carbocycles. The number of benzene rings is 2. The van der Waals surface area contributed by atoms with Crippen molar-refractivity contribution in [2.45, 2.75) is 0 Å². The largest absolute Gasteiger partial charge is 0.457 e. The molecule has 0 bridgehead atoms. The number of nitrogens with zero attached hydrogens (tertiary/aromatic N) is 2. The van der Waals surface area contributed by atoms with Crippen LogP contribution in [-0.4, -0.2) is 36.1 Å². The Morgan fingerprint density at radius 1 is 1.00 bits per heavy atom. The molecule has 0 aliphatic heterocycles. The van der Waals surface area contributed by atoms with Gasteiger partial charge in [0.15, 0.2) is 0 Å². The summed E-state index contributed by atoms with van der Waals surface area (Å²) >= 11 is 0. The summed E-state index contributed by atoms with van der Waals surface area (Å²) in [6.07, 6.45) is 1.35. The number of anilines is 2. The van der Waals surface area contributed by atoms with E-state index in [0.717, 1.165) is 5.75 Å². The van der Waals surface area contributed by atoms with Crippen molar-refractivity contribution < 1.29 is 14.3 Å². The Morgan fingerprint density at radius 3 is 2.48 bits per heavy atom. The van der Waals surface area contributed by atoms with Crippen molar-refractivity contribution in [1.29, 1.82) is 0 Å². The van der Waals surface area contributed by atoms with Gasteiger partial charge in [-0.15, -0.1) is 0 Å². The minimum Gasteiger partial charge on any atom is -0.457 e. The Balaban J connectivity index is 1.60. The molecule has 0 saturated heterocycles. The van der Waals surface area contributed by atoms with Gasteiger partial charge in [0, 0.05) is 25.4 Å². The van der Waals surface area contributed by atoms with Gasteiger partial charge in [-0.1, -0.05) is 18.2 Å².